The summed E-state index contributed by atoms with van der Waals surface area (Å²) >= 11 is 0. The van der Waals surface area contributed by atoms with Gasteiger partial charge in [0.25, 0.3) is 5.78 Å². The van der Waals surface area contributed by atoms with Crippen LogP contribution in [0.2, 0.25) is 0 Å². The van der Waals surface area contributed by atoms with E-state index in [0.717, 1.165) is 12.3 Å². The van der Waals surface area contributed by atoms with Crippen molar-refractivity contribution in [1.82, 2.24) is 4.90 Å². The first kappa shape index (κ1) is 20.7. The molecule has 148 valence electrons. The van der Waals surface area contributed by atoms with Crippen molar-refractivity contribution in [2.75, 3.05) is 11.9 Å². The van der Waals surface area contributed by atoms with E-state index in [2.05, 4.69) is 5.32 Å². The van der Waals surface area contributed by atoms with Gasteiger partial charge in [0.05, 0.1) is 5.56 Å². The van der Waals surface area contributed by atoms with Gasteiger partial charge in [-0.1, -0.05) is 0 Å². The highest BCUT2D eigenvalue weighted by Gasteiger charge is 2.37. The summed E-state index contributed by atoms with van der Waals surface area (Å²) in [4.78, 5) is 24.3. The van der Waals surface area contributed by atoms with Crippen LogP contribution in [0, 0.1) is 5.82 Å². The molecular formula is C16H13F7N2O2. The van der Waals surface area contributed by atoms with Gasteiger partial charge in [-0.05, 0) is 31.0 Å². The zero-order valence-corrected chi connectivity index (χ0v) is 13.5. The quantitative estimate of drug-likeness (QED) is 0.619. The van der Waals surface area contributed by atoms with Crippen LogP contribution in [0.1, 0.15) is 18.4 Å². The van der Waals surface area contributed by atoms with Crippen molar-refractivity contribution in [3.05, 3.63) is 41.9 Å². The number of alkyl halides is 6. The number of carbonyl (C=O) groups excluding carboxylic acids is 2. The van der Waals surface area contributed by atoms with Crippen molar-refractivity contribution in [3.63, 3.8) is 0 Å². The second kappa shape index (κ2) is 7.57. The average Bonchev–Trinajstić information content (AvgIpc) is 3.01. The van der Waals surface area contributed by atoms with Crippen LogP contribution in [0.5, 0.6) is 0 Å². The number of benzene rings is 1. The molecule has 1 heterocycles. The Kier molecular flexibility index (Phi) is 5.81. The molecule has 0 saturated carbocycles. The van der Waals surface area contributed by atoms with Crippen molar-refractivity contribution in [2.45, 2.75) is 31.2 Å². The second-order valence-corrected chi connectivity index (χ2v) is 5.76. The molecule has 0 bridgehead atoms. The summed E-state index contributed by atoms with van der Waals surface area (Å²) < 4.78 is 88.0. The van der Waals surface area contributed by atoms with Crippen LogP contribution >= 0.6 is 0 Å². The lowest BCUT2D eigenvalue weighted by Gasteiger charge is -2.22. The summed E-state index contributed by atoms with van der Waals surface area (Å²) in [5.74, 6) is -4.38. The normalized spacial score (nSPS) is 18.2. The molecule has 1 unspecified atom stereocenters. The molecule has 1 saturated heterocycles. The van der Waals surface area contributed by atoms with Crippen molar-refractivity contribution < 1.29 is 40.3 Å². The van der Waals surface area contributed by atoms with Crippen LogP contribution in [-0.4, -0.2) is 35.4 Å². The summed E-state index contributed by atoms with van der Waals surface area (Å²) in [6.07, 6.45) is -8.23. The topological polar surface area (TPSA) is 49.4 Å². The lowest BCUT2D eigenvalue weighted by molar-refractivity contribution is -0.165. The molecule has 1 aliphatic rings. The van der Waals surface area contributed by atoms with E-state index in [1.165, 1.54) is 4.90 Å². The lowest BCUT2D eigenvalue weighted by Crippen LogP contribution is -2.37. The standard InChI is InChI=1S/C16H13F7N2O2/c17-11-4-3-9(8-10(11)15(18,19)20)24-14(27)12-2-1-6-25(12)7-5-13(26)16(21,22)23/h3-5,7-8,12H,1-2,6H2,(H,24,27). The minimum absolute atomic E-state index is 0.191. The average molecular weight is 398 g/mol. The number of anilines is 1. The first-order valence-corrected chi connectivity index (χ1v) is 7.62. The van der Waals surface area contributed by atoms with Crippen molar-refractivity contribution in [2.24, 2.45) is 0 Å². The fourth-order valence-corrected chi connectivity index (χ4v) is 2.55. The number of nitrogens with zero attached hydrogens (tertiary/aromatic N) is 1. The molecule has 0 aliphatic carbocycles. The SMILES string of the molecule is O=C(Nc1ccc(F)c(C(F)(F)F)c1)C1CCCN1C=CC(=O)C(F)(F)F. The van der Waals surface area contributed by atoms with Crippen LogP contribution in [0.3, 0.4) is 0 Å². The van der Waals surface area contributed by atoms with Crippen LogP contribution in [-0.2, 0) is 15.8 Å². The molecule has 1 N–H and O–H groups in total. The molecule has 27 heavy (non-hydrogen) atoms. The molecule has 0 spiro atoms. The monoisotopic (exact) mass is 398 g/mol. The number of rotatable bonds is 4. The Morgan fingerprint density at radius 2 is 1.81 bits per heavy atom. The van der Waals surface area contributed by atoms with Gasteiger partial charge >= 0.3 is 12.4 Å². The van der Waals surface area contributed by atoms with E-state index in [4.69, 9.17) is 0 Å². The van der Waals surface area contributed by atoms with Crippen LogP contribution < -0.4 is 5.32 Å². The maximum absolute atomic E-state index is 13.3. The van der Waals surface area contributed by atoms with Gasteiger partial charge in [0.2, 0.25) is 5.91 Å². The molecule has 11 heteroatoms. The van der Waals surface area contributed by atoms with E-state index in [1.807, 2.05) is 0 Å². The molecule has 1 aromatic carbocycles. The number of hydrogen-bond donors (Lipinski definition) is 1. The fourth-order valence-electron chi connectivity index (χ4n) is 2.55. The van der Waals surface area contributed by atoms with Gasteiger partial charge < -0.3 is 10.2 Å². The van der Waals surface area contributed by atoms with Gasteiger partial charge in [-0.15, -0.1) is 0 Å². The first-order chi connectivity index (χ1) is 12.4. The van der Waals surface area contributed by atoms with E-state index in [-0.39, 0.29) is 24.7 Å². The van der Waals surface area contributed by atoms with Crippen molar-refractivity contribution in [1.29, 1.82) is 0 Å². The van der Waals surface area contributed by atoms with E-state index in [1.54, 1.807) is 0 Å². The van der Waals surface area contributed by atoms with Gasteiger partial charge in [0.15, 0.2) is 0 Å². The van der Waals surface area contributed by atoms with Crippen molar-refractivity contribution in [3.8, 4) is 0 Å². The molecule has 1 aromatic rings. The Bertz CT molecular complexity index is 756. The van der Waals surface area contributed by atoms with E-state index in [9.17, 15) is 40.3 Å². The molecule has 1 aliphatic heterocycles. The number of hydrogen-bond acceptors (Lipinski definition) is 3. The highest BCUT2D eigenvalue weighted by Crippen LogP contribution is 2.33. The van der Waals surface area contributed by atoms with Crippen LogP contribution in [0.25, 0.3) is 0 Å². The van der Waals surface area contributed by atoms with Crippen LogP contribution in [0.15, 0.2) is 30.5 Å². The summed E-state index contributed by atoms with van der Waals surface area (Å²) in [6.45, 7) is 0.191. The second-order valence-electron chi connectivity index (χ2n) is 5.76. The number of halogens is 7. The van der Waals surface area contributed by atoms with Gasteiger partial charge in [0.1, 0.15) is 11.9 Å². The fraction of sp³-hybridized carbons (Fsp3) is 0.375. The predicted octanol–water partition coefficient (Wildman–Crippen LogP) is 3.89. The summed E-state index contributed by atoms with van der Waals surface area (Å²) in [5.41, 5.74) is -1.87. The number of ketones is 1. The number of amides is 1. The molecule has 1 atom stereocenters. The first-order valence-electron chi connectivity index (χ1n) is 7.62. The third-order valence-electron chi connectivity index (χ3n) is 3.83. The summed E-state index contributed by atoms with van der Waals surface area (Å²) in [5, 5.41) is 2.18. The molecule has 0 radical (unpaired) electrons. The largest absolute Gasteiger partial charge is 0.454 e. The minimum Gasteiger partial charge on any atom is -0.365 e. The number of nitrogens with one attached hydrogen (secondary N) is 1. The maximum Gasteiger partial charge on any atom is 0.454 e. The third kappa shape index (κ3) is 5.20. The van der Waals surface area contributed by atoms with Gasteiger partial charge in [0, 0.05) is 24.5 Å². The summed E-state index contributed by atoms with van der Waals surface area (Å²) in [7, 11) is 0. The molecule has 4 nitrogen and oxygen atoms in total. The maximum atomic E-state index is 13.3. The predicted molar refractivity (Wildman–Crippen MR) is 80.0 cm³/mol. The number of allylic oxidation sites excluding steroid dienone is 1. The van der Waals surface area contributed by atoms with E-state index < -0.39 is 41.5 Å². The van der Waals surface area contributed by atoms with Crippen LogP contribution in [0.4, 0.5) is 36.4 Å². The Morgan fingerprint density at radius 3 is 2.41 bits per heavy atom. The molecular weight excluding hydrogens is 385 g/mol. The van der Waals surface area contributed by atoms with Gasteiger partial charge in [-0.25, -0.2) is 4.39 Å². The molecule has 1 amide bonds. The smallest absolute Gasteiger partial charge is 0.365 e. The van der Waals surface area contributed by atoms with E-state index >= 15 is 0 Å². The zero-order chi connectivity index (χ0) is 20.4. The Hall–Kier alpha value is -2.59. The minimum atomic E-state index is -5.05. The molecule has 1 fully saturated rings. The van der Waals surface area contributed by atoms with Gasteiger partial charge in [-0.2, -0.15) is 26.3 Å². The zero-order valence-electron chi connectivity index (χ0n) is 13.5. The van der Waals surface area contributed by atoms with E-state index in [0.29, 0.717) is 18.6 Å². The lowest BCUT2D eigenvalue weighted by atomic mass is 10.1. The third-order valence-corrected chi connectivity index (χ3v) is 3.83. The summed E-state index contributed by atoms with van der Waals surface area (Å²) in [6, 6.07) is 0.939. The highest BCUT2D eigenvalue weighted by atomic mass is 19.4. The highest BCUT2D eigenvalue weighted by molar-refractivity contribution is 5.96. The van der Waals surface area contributed by atoms with Crippen molar-refractivity contribution >= 4 is 17.4 Å². The Morgan fingerprint density at radius 1 is 1.15 bits per heavy atom. The Labute approximate surface area is 148 Å². The Balaban J connectivity index is 2.11. The molecule has 2 rings (SSSR count). The number of likely N-dealkylation sites (tertiary alicyclic amines) is 1. The number of carbonyl (C=O) groups is 2. The molecule has 0 aromatic heterocycles. The van der Waals surface area contributed by atoms with Gasteiger partial charge in [-0.3, -0.25) is 9.59 Å².